The molecule has 0 bridgehead atoms. The Kier molecular flexibility index (Phi) is 7.81. The van der Waals surface area contributed by atoms with Crippen LogP contribution >= 0.6 is 0 Å². The van der Waals surface area contributed by atoms with Crippen LogP contribution in [0.4, 0.5) is 0 Å². The molecule has 2 aliphatic heterocycles. The Hall–Kier alpha value is -0.690. The number of nitrogens with two attached hydrogens (primary N) is 1. The zero-order valence-electron chi connectivity index (χ0n) is 24.1. The van der Waals surface area contributed by atoms with Crippen molar-refractivity contribution in [3.63, 3.8) is 0 Å². The fourth-order valence-electron chi connectivity index (χ4n) is 10.2. The lowest BCUT2D eigenvalue weighted by molar-refractivity contribution is -0.174. The summed E-state index contributed by atoms with van der Waals surface area (Å²) in [6, 6.07) is 0.113. The van der Waals surface area contributed by atoms with Crippen molar-refractivity contribution in [2.75, 3.05) is 13.1 Å². The molecule has 0 spiro atoms. The molecule has 5 fully saturated rings. The topological polar surface area (TPSA) is 99.3 Å². The van der Waals surface area contributed by atoms with Gasteiger partial charge in [-0.25, -0.2) is 0 Å². The van der Waals surface area contributed by atoms with E-state index in [-0.39, 0.29) is 36.3 Å². The molecule has 6 nitrogen and oxygen atoms in total. The summed E-state index contributed by atoms with van der Waals surface area (Å²) in [7, 11) is 0. The number of ether oxygens (including phenoxy) is 1. The van der Waals surface area contributed by atoms with Crippen molar-refractivity contribution in [1.29, 1.82) is 0 Å². The van der Waals surface area contributed by atoms with Gasteiger partial charge in [0.2, 0.25) is 0 Å². The summed E-state index contributed by atoms with van der Waals surface area (Å²) in [6.45, 7) is 14.0. The molecule has 0 amide bonds. The molecule has 3 aliphatic carbocycles. The Bertz CT molecular complexity index is 838. The molecule has 6 heteroatoms. The summed E-state index contributed by atoms with van der Waals surface area (Å²) >= 11 is 0. The van der Waals surface area contributed by atoms with Gasteiger partial charge in [-0.05, 0) is 104 Å². The summed E-state index contributed by atoms with van der Waals surface area (Å²) in [6.07, 6.45) is 10.4. The lowest BCUT2D eigenvalue weighted by Gasteiger charge is -2.63. The number of hydrogen-bond acceptors (Lipinski definition) is 5. The fourth-order valence-corrected chi connectivity index (χ4v) is 10.2. The maximum Gasteiger partial charge on any atom is 0.303 e. The number of likely N-dealkylation sites (tertiary alicyclic amines) is 1. The molecular weight excluding hydrogens is 464 g/mol. The van der Waals surface area contributed by atoms with Crippen molar-refractivity contribution in [2.45, 2.75) is 123 Å². The van der Waals surface area contributed by atoms with E-state index in [4.69, 9.17) is 15.6 Å². The second-order valence-corrected chi connectivity index (χ2v) is 14.5. The summed E-state index contributed by atoms with van der Waals surface area (Å²) in [4.78, 5) is 13.6. The third-order valence-corrected chi connectivity index (χ3v) is 12.8. The van der Waals surface area contributed by atoms with Gasteiger partial charge in [-0.15, -0.1) is 0 Å². The molecule has 13 atom stereocenters. The average molecular weight is 519 g/mol. The second-order valence-electron chi connectivity index (χ2n) is 14.5. The Morgan fingerprint density at radius 2 is 1.86 bits per heavy atom. The van der Waals surface area contributed by atoms with E-state index >= 15 is 0 Å². The van der Waals surface area contributed by atoms with Gasteiger partial charge in [0.1, 0.15) is 12.3 Å². The second kappa shape index (κ2) is 10.4. The SMILES string of the molecule is CC[C@H](C)[C@H](N)C1OC1N1CC[C@@]2(C)[C@H](C[C@H](O)[C@@H]3[C@@H]2CC[C@]2(C)[C@@H]([C@H](C)CCCC(=O)O)CC[C@@H]32)C1. The van der Waals surface area contributed by atoms with Gasteiger partial charge in [-0.3, -0.25) is 9.69 Å². The lowest BCUT2D eigenvalue weighted by Crippen LogP contribution is -2.61. The van der Waals surface area contributed by atoms with Gasteiger partial charge >= 0.3 is 5.97 Å². The smallest absolute Gasteiger partial charge is 0.303 e. The predicted octanol–water partition coefficient (Wildman–Crippen LogP) is 5.13. The minimum atomic E-state index is -0.676. The van der Waals surface area contributed by atoms with Crippen LogP contribution in [0.15, 0.2) is 0 Å². The van der Waals surface area contributed by atoms with E-state index in [2.05, 4.69) is 39.5 Å². The molecule has 0 aromatic carbocycles. The van der Waals surface area contributed by atoms with Gasteiger partial charge in [0.15, 0.2) is 0 Å². The number of carboxylic acid groups (broad SMARTS) is 1. The fraction of sp³-hybridized carbons (Fsp3) is 0.968. The van der Waals surface area contributed by atoms with Crippen LogP contribution < -0.4 is 5.73 Å². The summed E-state index contributed by atoms with van der Waals surface area (Å²) < 4.78 is 6.14. The number of aliphatic hydroxyl groups is 1. The Labute approximate surface area is 225 Å². The first-order valence-electron chi connectivity index (χ1n) is 15.6. The largest absolute Gasteiger partial charge is 0.481 e. The molecule has 5 aliphatic rings. The van der Waals surface area contributed by atoms with Gasteiger partial charge in [0.25, 0.3) is 0 Å². The van der Waals surface area contributed by atoms with Crippen LogP contribution in [0.1, 0.15) is 98.8 Å². The van der Waals surface area contributed by atoms with Crippen LogP contribution in [-0.4, -0.2) is 58.6 Å². The highest BCUT2D eigenvalue weighted by atomic mass is 16.6. The van der Waals surface area contributed by atoms with Crippen molar-refractivity contribution in [3.8, 4) is 0 Å². The Morgan fingerprint density at radius 3 is 2.57 bits per heavy atom. The number of carboxylic acids is 1. The summed E-state index contributed by atoms with van der Waals surface area (Å²) in [5.41, 5.74) is 7.10. The lowest BCUT2D eigenvalue weighted by atomic mass is 9.44. The van der Waals surface area contributed by atoms with Crippen molar-refractivity contribution < 1.29 is 19.7 Å². The van der Waals surface area contributed by atoms with E-state index in [1.807, 2.05) is 0 Å². The molecule has 4 N–H and O–H groups in total. The molecule has 0 aromatic rings. The molecule has 0 radical (unpaired) electrons. The van der Waals surface area contributed by atoms with E-state index in [9.17, 15) is 9.90 Å². The van der Waals surface area contributed by atoms with E-state index in [0.29, 0.717) is 46.8 Å². The van der Waals surface area contributed by atoms with Crippen LogP contribution in [0, 0.1) is 52.3 Å². The molecule has 5 rings (SSSR count). The monoisotopic (exact) mass is 518 g/mol. The van der Waals surface area contributed by atoms with Gasteiger partial charge in [-0.1, -0.05) is 41.0 Å². The number of fused-ring (bicyclic) bond motifs is 5. The van der Waals surface area contributed by atoms with Crippen LogP contribution in [0.2, 0.25) is 0 Å². The number of carbonyl (C=O) groups is 1. The standard InChI is InChI=1S/C31H54N2O4/c1-6-18(2)27(32)28-29(37-28)33-15-14-30(4)20(17-33)16-24(34)26-22-11-10-21(19(3)8-7-9-25(35)36)31(22,5)13-12-23(26)30/h18-24,26-29,34H,6-17,32H2,1-5H3,(H,35,36)/t18-,19+,20+,21+,22-,23-,24-,26-,27-,28?,29?,30-,31+/m0/s1. The number of nitrogens with zero attached hydrogens (tertiary/aromatic N) is 1. The van der Waals surface area contributed by atoms with Gasteiger partial charge in [-0.2, -0.15) is 0 Å². The number of hydrogen-bond donors (Lipinski definition) is 3. The number of rotatable bonds is 9. The Balaban J connectivity index is 1.25. The van der Waals surface area contributed by atoms with Gasteiger partial charge < -0.3 is 20.7 Å². The van der Waals surface area contributed by atoms with Crippen LogP contribution in [0.5, 0.6) is 0 Å². The third kappa shape index (κ3) is 4.80. The zero-order valence-corrected chi connectivity index (χ0v) is 24.1. The molecule has 37 heavy (non-hydrogen) atoms. The number of aliphatic hydroxyl groups excluding tert-OH is 1. The quantitative estimate of drug-likeness (QED) is 0.366. The number of epoxide rings is 1. The molecule has 2 saturated heterocycles. The molecule has 0 aromatic heterocycles. The third-order valence-electron chi connectivity index (χ3n) is 12.8. The maximum atomic E-state index is 11.7. The molecule has 2 unspecified atom stereocenters. The van der Waals surface area contributed by atoms with Crippen molar-refractivity contribution in [3.05, 3.63) is 0 Å². The molecule has 212 valence electrons. The molecule has 2 heterocycles. The number of aliphatic carboxylic acids is 1. The van der Waals surface area contributed by atoms with Crippen LogP contribution in [-0.2, 0) is 9.53 Å². The maximum absolute atomic E-state index is 11.7. The van der Waals surface area contributed by atoms with Gasteiger partial charge in [0.05, 0.1) is 6.10 Å². The first kappa shape index (κ1) is 27.9. The van der Waals surface area contributed by atoms with E-state index in [1.165, 1.54) is 32.1 Å². The number of piperidine rings is 1. The first-order chi connectivity index (χ1) is 17.5. The molecular formula is C31H54N2O4. The predicted molar refractivity (Wildman–Crippen MR) is 146 cm³/mol. The average Bonchev–Trinajstić information content (AvgIpc) is 3.57. The highest BCUT2D eigenvalue weighted by molar-refractivity contribution is 5.66. The first-order valence-corrected chi connectivity index (χ1v) is 15.6. The molecule has 3 saturated carbocycles. The van der Waals surface area contributed by atoms with E-state index < -0.39 is 5.97 Å². The van der Waals surface area contributed by atoms with E-state index in [0.717, 1.165) is 38.8 Å². The minimum Gasteiger partial charge on any atom is -0.481 e. The minimum absolute atomic E-state index is 0.113. The normalized spacial score (nSPS) is 47.9. The van der Waals surface area contributed by atoms with Crippen molar-refractivity contribution in [2.24, 2.45) is 58.0 Å². The van der Waals surface area contributed by atoms with E-state index in [1.54, 1.807) is 0 Å². The van der Waals surface area contributed by atoms with Crippen LogP contribution in [0.25, 0.3) is 0 Å². The van der Waals surface area contributed by atoms with Crippen LogP contribution in [0.3, 0.4) is 0 Å². The zero-order chi connectivity index (χ0) is 26.7. The van der Waals surface area contributed by atoms with Gasteiger partial charge in [0, 0.05) is 25.6 Å². The van der Waals surface area contributed by atoms with Crippen molar-refractivity contribution in [1.82, 2.24) is 4.90 Å². The Morgan fingerprint density at radius 1 is 1.14 bits per heavy atom. The highest BCUT2D eigenvalue weighted by Crippen LogP contribution is 2.67. The van der Waals surface area contributed by atoms with Crippen molar-refractivity contribution >= 4 is 5.97 Å². The highest BCUT2D eigenvalue weighted by Gasteiger charge is 2.63. The summed E-state index contributed by atoms with van der Waals surface area (Å²) in [5.74, 6) is 3.19. The summed E-state index contributed by atoms with van der Waals surface area (Å²) in [5, 5.41) is 20.8.